The number of nitrogens with two attached hydrogens (primary N) is 1. The summed E-state index contributed by atoms with van der Waals surface area (Å²) in [6, 6.07) is 6.12. The Hall–Kier alpha value is -1.11. The van der Waals surface area contributed by atoms with Crippen molar-refractivity contribution >= 4 is 27.5 Å². The molecule has 1 atom stereocenters. The Balaban J connectivity index is 3.07. The number of benzene rings is 1. The van der Waals surface area contributed by atoms with Gasteiger partial charge in [0.05, 0.1) is 4.90 Å². The van der Waals surface area contributed by atoms with Crippen molar-refractivity contribution in [3.8, 4) is 0 Å². The lowest BCUT2D eigenvalue weighted by molar-refractivity contribution is -0.123. The van der Waals surface area contributed by atoms with Crippen molar-refractivity contribution in [3.05, 3.63) is 29.8 Å². The molecule has 19 heavy (non-hydrogen) atoms. The SMILES string of the molecule is CCC(C)(NS(=O)(=O)c1ccc(CCl)cc1)C(N)=O. The summed E-state index contributed by atoms with van der Waals surface area (Å²) in [5.74, 6) is -0.405. The molecule has 0 bridgehead atoms. The molecule has 106 valence electrons. The predicted octanol–water partition coefficient (Wildman–Crippen LogP) is 1.36. The minimum Gasteiger partial charge on any atom is -0.368 e. The Morgan fingerprint density at radius 1 is 1.37 bits per heavy atom. The van der Waals surface area contributed by atoms with Crippen molar-refractivity contribution in [1.82, 2.24) is 4.72 Å². The van der Waals surface area contributed by atoms with Crippen LogP contribution in [-0.2, 0) is 20.7 Å². The van der Waals surface area contributed by atoms with Gasteiger partial charge in [-0.25, -0.2) is 8.42 Å². The summed E-state index contributed by atoms with van der Waals surface area (Å²) in [6.07, 6.45) is 0.265. The van der Waals surface area contributed by atoms with E-state index in [2.05, 4.69) is 4.72 Å². The molecule has 1 aromatic rings. The lowest BCUT2D eigenvalue weighted by atomic mass is 10.0. The summed E-state index contributed by atoms with van der Waals surface area (Å²) < 4.78 is 26.7. The molecule has 1 rings (SSSR count). The quantitative estimate of drug-likeness (QED) is 0.778. The second-order valence-electron chi connectivity index (χ2n) is 4.43. The molecule has 7 heteroatoms. The molecule has 0 radical (unpaired) electrons. The number of hydrogen-bond acceptors (Lipinski definition) is 3. The predicted molar refractivity (Wildman–Crippen MR) is 74.2 cm³/mol. The topological polar surface area (TPSA) is 89.3 Å². The van der Waals surface area contributed by atoms with E-state index >= 15 is 0 Å². The molecule has 0 spiro atoms. The molecule has 1 amide bonds. The number of primary amides is 1. The van der Waals surface area contributed by atoms with Gasteiger partial charge < -0.3 is 5.73 Å². The van der Waals surface area contributed by atoms with Crippen LogP contribution in [0.25, 0.3) is 0 Å². The van der Waals surface area contributed by atoms with Crippen molar-refractivity contribution in [2.75, 3.05) is 0 Å². The maximum Gasteiger partial charge on any atom is 0.241 e. The van der Waals surface area contributed by atoms with Gasteiger partial charge in [0, 0.05) is 5.88 Å². The van der Waals surface area contributed by atoms with E-state index in [4.69, 9.17) is 17.3 Å². The molecule has 0 aliphatic rings. The van der Waals surface area contributed by atoms with E-state index in [-0.39, 0.29) is 11.3 Å². The molecule has 0 aromatic heterocycles. The first-order chi connectivity index (χ1) is 8.75. The molecule has 1 unspecified atom stereocenters. The largest absolute Gasteiger partial charge is 0.368 e. The van der Waals surface area contributed by atoms with Crippen LogP contribution in [0.2, 0.25) is 0 Å². The number of sulfonamides is 1. The van der Waals surface area contributed by atoms with Gasteiger partial charge in [-0.3, -0.25) is 4.79 Å². The maximum atomic E-state index is 12.2. The Kier molecular flexibility index (Phi) is 4.95. The van der Waals surface area contributed by atoms with Crippen LogP contribution < -0.4 is 10.5 Å². The van der Waals surface area contributed by atoms with Crippen molar-refractivity contribution in [2.24, 2.45) is 5.73 Å². The minimum absolute atomic E-state index is 0.0716. The van der Waals surface area contributed by atoms with Crippen molar-refractivity contribution in [1.29, 1.82) is 0 Å². The average molecular weight is 305 g/mol. The van der Waals surface area contributed by atoms with Gasteiger partial charge in [-0.05, 0) is 31.0 Å². The van der Waals surface area contributed by atoms with Gasteiger partial charge in [0.2, 0.25) is 15.9 Å². The van der Waals surface area contributed by atoms with E-state index in [1.54, 1.807) is 19.1 Å². The van der Waals surface area contributed by atoms with Gasteiger partial charge in [0.1, 0.15) is 5.54 Å². The van der Waals surface area contributed by atoms with Crippen LogP contribution in [0.4, 0.5) is 0 Å². The molecule has 1 aromatic carbocycles. The fourth-order valence-corrected chi connectivity index (χ4v) is 3.04. The van der Waals surface area contributed by atoms with Crippen LogP contribution in [0.1, 0.15) is 25.8 Å². The highest BCUT2D eigenvalue weighted by Gasteiger charge is 2.34. The zero-order valence-electron chi connectivity index (χ0n) is 10.8. The fraction of sp³-hybridized carbons (Fsp3) is 0.417. The third kappa shape index (κ3) is 3.68. The van der Waals surface area contributed by atoms with E-state index < -0.39 is 21.5 Å². The molecular weight excluding hydrogens is 288 g/mol. The minimum atomic E-state index is -3.79. The number of rotatable bonds is 6. The lowest BCUT2D eigenvalue weighted by Gasteiger charge is -2.25. The molecule has 0 saturated heterocycles. The van der Waals surface area contributed by atoms with Crippen LogP contribution in [0, 0.1) is 0 Å². The van der Waals surface area contributed by atoms with Crippen LogP contribution in [0.5, 0.6) is 0 Å². The third-order valence-electron chi connectivity index (χ3n) is 3.00. The van der Waals surface area contributed by atoms with E-state index in [1.807, 2.05) is 0 Å². The van der Waals surface area contributed by atoms with E-state index in [0.717, 1.165) is 5.56 Å². The molecule has 3 N–H and O–H groups in total. The summed E-state index contributed by atoms with van der Waals surface area (Å²) in [5.41, 5.74) is 4.74. The van der Waals surface area contributed by atoms with Gasteiger partial charge in [0.15, 0.2) is 0 Å². The molecular formula is C12H17ClN2O3S. The van der Waals surface area contributed by atoms with Gasteiger partial charge in [-0.1, -0.05) is 19.1 Å². The maximum absolute atomic E-state index is 12.2. The highest BCUT2D eigenvalue weighted by atomic mass is 35.5. The zero-order chi connectivity index (χ0) is 14.7. The number of hydrogen-bond donors (Lipinski definition) is 2. The standard InChI is InChI=1S/C12H17ClN2O3S/c1-3-12(2,11(14)16)15-19(17,18)10-6-4-9(8-13)5-7-10/h4-7,15H,3,8H2,1-2H3,(H2,14,16). The van der Waals surface area contributed by atoms with Crippen molar-refractivity contribution in [3.63, 3.8) is 0 Å². The van der Waals surface area contributed by atoms with Crippen LogP contribution in [-0.4, -0.2) is 19.9 Å². The monoisotopic (exact) mass is 304 g/mol. The normalized spacial score (nSPS) is 14.9. The summed E-state index contributed by atoms with van der Waals surface area (Å²) in [7, 11) is -3.79. The number of carbonyl (C=O) groups is 1. The summed E-state index contributed by atoms with van der Waals surface area (Å²) in [5, 5.41) is 0. The van der Waals surface area contributed by atoms with E-state index in [9.17, 15) is 13.2 Å². The first-order valence-electron chi connectivity index (χ1n) is 5.74. The van der Waals surface area contributed by atoms with Gasteiger partial charge in [-0.2, -0.15) is 4.72 Å². The highest BCUT2D eigenvalue weighted by Crippen LogP contribution is 2.17. The molecule has 0 aliphatic carbocycles. The third-order valence-corrected chi connectivity index (χ3v) is 4.92. The molecule has 0 fully saturated rings. The number of nitrogens with one attached hydrogen (secondary N) is 1. The van der Waals surface area contributed by atoms with Crippen LogP contribution >= 0.6 is 11.6 Å². The van der Waals surface area contributed by atoms with Crippen LogP contribution in [0.3, 0.4) is 0 Å². The fourth-order valence-electron chi connectivity index (χ4n) is 1.41. The number of amides is 1. The highest BCUT2D eigenvalue weighted by molar-refractivity contribution is 7.89. The van der Waals surface area contributed by atoms with Crippen molar-refractivity contribution in [2.45, 2.75) is 36.6 Å². The van der Waals surface area contributed by atoms with E-state index in [0.29, 0.717) is 5.88 Å². The first kappa shape index (κ1) is 15.9. The van der Waals surface area contributed by atoms with Gasteiger partial charge >= 0.3 is 0 Å². The smallest absolute Gasteiger partial charge is 0.241 e. The number of halogens is 1. The Morgan fingerprint density at radius 2 is 1.89 bits per heavy atom. The second-order valence-corrected chi connectivity index (χ2v) is 6.38. The van der Waals surface area contributed by atoms with Crippen molar-refractivity contribution < 1.29 is 13.2 Å². The second kappa shape index (κ2) is 5.90. The number of carbonyl (C=O) groups excluding carboxylic acids is 1. The zero-order valence-corrected chi connectivity index (χ0v) is 12.4. The lowest BCUT2D eigenvalue weighted by Crippen LogP contribution is -2.54. The molecule has 5 nitrogen and oxygen atoms in total. The first-order valence-corrected chi connectivity index (χ1v) is 7.75. The number of alkyl halides is 1. The average Bonchev–Trinajstić information content (AvgIpc) is 2.38. The van der Waals surface area contributed by atoms with E-state index in [1.165, 1.54) is 19.1 Å². The Morgan fingerprint density at radius 3 is 2.26 bits per heavy atom. The van der Waals surface area contributed by atoms with Gasteiger partial charge in [-0.15, -0.1) is 11.6 Å². The Labute approximate surface area is 118 Å². The summed E-state index contributed by atoms with van der Waals surface area (Å²) in [4.78, 5) is 11.4. The molecule has 0 saturated carbocycles. The Bertz CT molecular complexity index is 557. The van der Waals surface area contributed by atoms with Gasteiger partial charge in [0.25, 0.3) is 0 Å². The summed E-state index contributed by atoms with van der Waals surface area (Å²) in [6.45, 7) is 3.14. The molecule has 0 aliphatic heterocycles. The summed E-state index contributed by atoms with van der Waals surface area (Å²) >= 11 is 5.64. The van der Waals surface area contributed by atoms with Crippen LogP contribution in [0.15, 0.2) is 29.2 Å². The molecule has 0 heterocycles.